The van der Waals surface area contributed by atoms with Gasteiger partial charge in [0.1, 0.15) is 0 Å². The number of aliphatic hydroxyl groups excluding tert-OH is 4. The Morgan fingerprint density at radius 1 is 0.467 bits per heavy atom. The molecule has 6 N–H and O–H groups in total. The van der Waals surface area contributed by atoms with E-state index in [1.165, 1.54) is 83.5 Å². The van der Waals surface area contributed by atoms with Crippen LogP contribution in [0.1, 0.15) is 96.3 Å². The maximum atomic E-state index is 10.7. The highest BCUT2D eigenvalue weighted by atomic mass is 16.5. The summed E-state index contributed by atoms with van der Waals surface area (Å²) < 4.78 is 22.5. The summed E-state index contributed by atoms with van der Waals surface area (Å²) in [6, 6.07) is 1.37. The van der Waals surface area contributed by atoms with Crippen molar-refractivity contribution in [3.8, 4) is 0 Å². The Morgan fingerprint density at radius 3 is 1.18 bits per heavy atom. The van der Waals surface area contributed by atoms with Crippen molar-refractivity contribution < 1.29 is 39.4 Å². The van der Waals surface area contributed by atoms with Crippen LogP contribution in [0.2, 0.25) is 0 Å². The van der Waals surface area contributed by atoms with Crippen molar-refractivity contribution in [1.82, 2.24) is 15.5 Å². The SMILES string of the molecule is OC(CNC1CCCCC1)COCCOCC(O)CN(CC(O)COCCOCC(O)CNC1CCCCC1)C1CCCCC1. The van der Waals surface area contributed by atoms with Gasteiger partial charge in [0.25, 0.3) is 0 Å². The van der Waals surface area contributed by atoms with Crippen molar-refractivity contribution in [2.75, 3.05) is 79.0 Å². The van der Waals surface area contributed by atoms with Gasteiger partial charge in [0, 0.05) is 44.3 Å². The number of ether oxygens (including phenoxy) is 4. The van der Waals surface area contributed by atoms with Crippen LogP contribution in [0, 0.1) is 0 Å². The van der Waals surface area contributed by atoms with E-state index in [1.807, 2.05) is 0 Å². The third kappa shape index (κ3) is 18.6. The predicted octanol–water partition coefficient (Wildman–Crippen LogP) is 1.98. The Morgan fingerprint density at radius 2 is 0.800 bits per heavy atom. The van der Waals surface area contributed by atoms with Gasteiger partial charge in [0.05, 0.1) is 77.3 Å². The van der Waals surface area contributed by atoms with Crippen LogP contribution in [0.4, 0.5) is 0 Å². The lowest BCUT2D eigenvalue weighted by Crippen LogP contribution is -2.47. The maximum absolute atomic E-state index is 10.7. The standard InChI is InChI=1S/C34H67N3O8/c38-31(20-35-28-10-4-1-5-11-28)24-42-16-18-44-26-33(40)22-37(30-14-8-3-9-15-30)23-34(41)27-45-19-17-43-25-32(39)21-36-29-12-6-2-7-13-29/h28-36,38-41H,1-27H2. The van der Waals surface area contributed by atoms with E-state index in [-0.39, 0.29) is 26.4 Å². The molecule has 3 saturated carbocycles. The second-order valence-electron chi connectivity index (χ2n) is 13.6. The summed E-state index contributed by atoms with van der Waals surface area (Å²) in [5.41, 5.74) is 0. The van der Waals surface area contributed by atoms with Crippen molar-refractivity contribution in [2.24, 2.45) is 0 Å². The molecule has 0 aliphatic heterocycles. The molecule has 0 heterocycles. The van der Waals surface area contributed by atoms with E-state index in [0.717, 1.165) is 12.8 Å². The van der Waals surface area contributed by atoms with E-state index in [2.05, 4.69) is 15.5 Å². The largest absolute Gasteiger partial charge is 0.389 e. The number of hydrogen-bond donors (Lipinski definition) is 6. The third-order valence-corrected chi connectivity index (χ3v) is 9.46. The Hall–Kier alpha value is -0.440. The fourth-order valence-corrected chi connectivity index (χ4v) is 6.92. The topological polar surface area (TPSA) is 145 Å². The molecule has 0 spiro atoms. The molecule has 3 rings (SSSR count). The summed E-state index contributed by atoms with van der Waals surface area (Å²) in [6.07, 6.45) is 15.8. The summed E-state index contributed by atoms with van der Waals surface area (Å²) in [4.78, 5) is 2.19. The number of aliphatic hydroxyl groups is 4. The monoisotopic (exact) mass is 645 g/mol. The fraction of sp³-hybridized carbons (Fsp3) is 1.00. The minimum Gasteiger partial charge on any atom is -0.389 e. The number of hydrogen-bond acceptors (Lipinski definition) is 11. The summed E-state index contributed by atoms with van der Waals surface area (Å²) in [5.74, 6) is 0. The van der Waals surface area contributed by atoms with Crippen molar-refractivity contribution in [2.45, 2.75) is 139 Å². The van der Waals surface area contributed by atoms with Crippen molar-refractivity contribution >= 4 is 0 Å². The van der Waals surface area contributed by atoms with Crippen LogP contribution in [0.5, 0.6) is 0 Å². The molecule has 3 aliphatic rings. The molecular formula is C34H67N3O8. The Labute approximate surface area is 272 Å². The predicted molar refractivity (Wildman–Crippen MR) is 176 cm³/mol. The molecule has 0 aromatic heterocycles. The lowest BCUT2D eigenvalue weighted by molar-refractivity contribution is -0.0449. The molecule has 45 heavy (non-hydrogen) atoms. The van der Waals surface area contributed by atoms with E-state index in [4.69, 9.17) is 18.9 Å². The van der Waals surface area contributed by atoms with Gasteiger partial charge < -0.3 is 50.0 Å². The average Bonchev–Trinajstić information content (AvgIpc) is 3.07. The Bertz CT molecular complexity index is 644. The van der Waals surface area contributed by atoms with Crippen LogP contribution < -0.4 is 10.6 Å². The van der Waals surface area contributed by atoms with Gasteiger partial charge in [-0.3, -0.25) is 4.90 Å². The molecule has 4 atom stereocenters. The van der Waals surface area contributed by atoms with E-state index >= 15 is 0 Å². The van der Waals surface area contributed by atoms with Crippen LogP contribution >= 0.6 is 0 Å². The van der Waals surface area contributed by atoms with E-state index in [1.54, 1.807) is 0 Å². The fourth-order valence-electron chi connectivity index (χ4n) is 6.92. The normalized spacial score (nSPS) is 22.1. The highest BCUT2D eigenvalue weighted by molar-refractivity contribution is 4.80. The van der Waals surface area contributed by atoms with Gasteiger partial charge in [-0.15, -0.1) is 0 Å². The number of nitrogens with zero attached hydrogens (tertiary/aromatic N) is 1. The van der Waals surface area contributed by atoms with Gasteiger partial charge in [0.15, 0.2) is 0 Å². The van der Waals surface area contributed by atoms with E-state index < -0.39 is 24.4 Å². The second-order valence-corrected chi connectivity index (χ2v) is 13.6. The van der Waals surface area contributed by atoms with Gasteiger partial charge in [-0.05, 0) is 38.5 Å². The summed E-state index contributed by atoms with van der Waals surface area (Å²) in [5, 5.41) is 48.7. The highest BCUT2D eigenvalue weighted by Crippen LogP contribution is 2.23. The zero-order valence-corrected chi connectivity index (χ0v) is 28.0. The summed E-state index contributed by atoms with van der Waals surface area (Å²) in [6.45, 7) is 4.36. The first-order chi connectivity index (χ1) is 22.0. The van der Waals surface area contributed by atoms with Crippen LogP contribution in [0.15, 0.2) is 0 Å². The molecular weight excluding hydrogens is 578 g/mol. The molecule has 266 valence electrons. The number of rotatable bonds is 25. The minimum atomic E-state index is -0.669. The molecule has 0 bridgehead atoms. The van der Waals surface area contributed by atoms with Crippen LogP contribution in [-0.2, 0) is 18.9 Å². The van der Waals surface area contributed by atoms with Gasteiger partial charge in [-0.25, -0.2) is 0 Å². The molecule has 0 saturated heterocycles. The van der Waals surface area contributed by atoms with Gasteiger partial charge in [-0.1, -0.05) is 57.8 Å². The summed E-state index contributed by atoms with van der Waals surface area (Å²) in [7, 11) is 0. The second kappa shape index (κ2) is 24.7. The Kier molecular flexibility index (Phi) is 21.4. The molecule has 11 heteroatoms. The molecule has 0 amide bonds. The molecule has 0 radical (unpaired) electrons. The first-order valence-corrected chi connectivity index (χ1v) is 18.2. The van der Waals surface area contributed by atoms with Crippen LogP contribution in [0.3, 0.4) is 0 Å². The van der Waals surface area contributed by atoms with Crippen LogP contribution in [-0.4, -0.2) is 147 Å². The average molecular weight is 646 g/mol. The van der Waals surface area contributed by atoms with Gasteiger partial charge in [0.2, 0.25) is 0 Å². The zero-order valence-electron chi connectivity index (χ0n) is 28.0. The lowest BCUT2D eigenvalue weighted by Gasteiger charge is -2.36. The first-order valence-electron chi connectivity index (χ1n) is 18.2. The van der Waals surface area contributed by atoms with Gasteiger partial charge in [-0.2, -0.15) is 0 Å². The van der Waals surface area contributed by atoms with Crippen molar-refractivity contribution in [1.29, 1.82) is 0 Å². The summed E-state index contributed by atoms with van der Waals surface area (Å²) >= 11 is 0. The lowest BCUT2D eigenvalue weighted by atomic mass is 9.93. The van der Waals surface area contributed by atoms with Gasteiger partial charge >= 0.3 is 0 Å². The zero-order chi connectivity index (χ0) is 32.0. The highest BCUT2D eigenvalue weighted by Gasteiger charge is 2.25. The minimum absolute atomic E-state index is 0.199. The Balaban J connectivity index is 1.21. The number of nitrogens with one attached hydrogen (secondary N) is 2. The van der Waals surface area contributed by atoms with E-state index in [9.17, 15) is 20.4 Å². The van der Waals surface area contributed by atoms with Crippen molar-refractivity contribution in [3.05, 3.63) is 0 Å². The molecule has 11 nitrogen and oxygen atoms in total. The first kappa shape index (κ1) is 39.0. The molecule has 0 aromatic rings. The van der Waals surface area contributed by atoms with E-state index in [0.29, 0.717) is 70.7 Å². The molecule has 0 aromatic carbocycles. The third-order valence-electron chi connectivity index (χ3n) is 9.46. The quantitative estimate of drug-likeness (QED) is 0.0811. The van der Waals surface area contributed by atoms with Crippen molar-refractivity contribution in [3.63, 3.8) is 0 Å². The molecule has 3 fully saturated rings. The smallest absolute Gasteiger partial charge is 0.0900 e. The maximum Gasteiger partial charge on any atom is 0.0900 e. The molecule has 3 aliphatic carbocycles. The molecule has 4 unspecified atom stereocenters. The van der Waals surface area contributed by atoms with Crippen LogP contribution in [0.25, 0.3) is 0 Å².